The summed E-state index contributed by atoms with van der Waals surface area (Å²) in [5.74, 6) is -0.232. The number of hydrogen-bond donors (Lipinski definition) is 2. The van der Waals surface area contributed by atoms with Gasteiger partial charge in [-0.25, -0.2) is 0 Å². The van der Waals surface area contributed by atoms with E-state index in [0.29, 0.717) is 30.1 Å². The van der Waals surface area contributed by atoms with Gasteiger partial charge in [0.25, 0.3) is 5.91 Å². The summed E-state index contributed by atoms with van der Waals surface area (Å²) in [6, 6.07) is 4.99. The highest BCUT2D eigenvalue weighted by Gasteiger charge is 2.41. The summed E-state index contributed by atoms with van der Waals surface area (Å²) >= 11 is 5.93. The number of nitrogens with two attached hydrogens (primary N) is 1. The lowest BCUT2D eigenvalue weighted by atomic mass is 9.89. The number of nitrogens with zero attached hydrogens (tertiary/aromatic N) is 1. The third-order valence-electron chi connectivity index (χ3n) is 3.82. The van der Waals surface area contributed by atoms with Gasteiger partial charge in [0.05, 0.1) is 21.7 Å². The number of nitrogen functional groups attached to an aromatic ring is 1. The largest absolute Gasteiger partial charge is 0.397 e. The standard InChI is InChI=1S/C14H18ClN3O2/c1-14(13(20)17-2)6-7-18(8-14)12(19)9-4-3-5-10(15)11(9)16/h3-5H,6-8,16H2,1-2H3,(H,17,20). The predicted molar refractivity (Wildman–Crippen MR) is 78.6 cm³/mol. The van der Waals surface area contributed by atoms with Crippen LogP contribution in [-0.2, 0) is 4.79 Å². The second-order valence-corrected chi connectivity index (χ2v) is 5.72. The zero-order valence-electron chi connectivity index (χ0n) is 11.6. The molecule has 0 saturated carbocycles. The van der Waals surface area contributed by atoms with Crippen molar-refractivity contribution < 1.29 is 9.59 Å². The van der Waals surface area contributed by atoms with E-state index in [1.54, 1.807) is 30.1 Å². The molecular formula is C14H18ClN3O2. The van der Waals surface area contributed by atoms with Crippen molar-refractivity contribution in [2.45, 2.75) is 13.3 Å². The van der Waals surface area contributed by atoms with Crippen molar-refractivity contribution >= 4 is 29.1 Å². The number of likely N-dealkylation sites (tertiary alicyclic amines) is 1. The first-order chi connectivity index (χ1) is 9.39. The number of hydrogen-bond acceptors (Lipinski definition) is 3. The van der Waals surface area contributed by atoms with Crippen molar-refractivity contribution in [2.24, 2.45) is 5.41 Å². The SMILES string of the molecule is CNC(=O)C1(C)CCN(C(=O)c2cccc(Cl)c2N)C1. The Morgan fingerprint density at radius 3 is 2.80 bits per heavy atom. The minimum absolute atomic E-state index is 0.0492. The van der Waals surface area contributed by atoms with E-state index in [1.165, 1.54) is 0 Å². The maximum absolute atomic E-state index is 12.5. The van der Waals surface area contributed by atoms with Crippen molar-refractivity contribution in [1.82, 2.24) is 10.2 Å². The monoisotopic (exact) mass is 295 g/mol. The Balaban J connectivity index is 2.20. The fraction of sp³-hybridized carbons (Fsp3) is 0.429. The maximum atomic E-state index is 12.5. The Bertz CT molecular complexity index is 561. The molecule has 1 atom stereocenters. The number of benzene rings is 1. The Morgan fingerprint density at radius 2 is 2.15 bits per heavy atom. The number of carbonyl (C=O) groups excluding carboxylic acids is 2. The van der Waals surface area contributed by atoms with E-state index >= 15 is 0 Å². The molecule has 0 radical (unpaired) electrons. The summed E-state index contributed by atoms with van der Waals surface area (Å²) in [6.45, 7) is 2.78. The van der Waals surface area contributed by atoms with Crippen LogP contribution < -0.4 is 11.1 Å². The van der Waals surface area contributed by atoms with E-state index in [1.807, 2.05) is 6.92 Å². The molecule has 1 aromatic carbocycles. The minimum Gasteiger partial charge on any atom is -0.397 e. The third-order valence-corrected chi connectivity index (χ3v) is 4.15. The zero-order valence-corrected chi connectivity index (χ0v) is 12.3. The molecule has 6 heteroatoms. The Morgan fingerprint density at radius 1 is 1.45 bits per heavy atom. The first kappa shape index (κ1) is 14.7. The average molecular weight is 296 g/mol. The number of carbonyl (C=O) groups is 2. The van der Waals surface area contributed by atoms with Crippen LogP contribution >= 0.6 is 11.6 Å². The molecule has 1 fully saturated rings. The van der Waals surface area contributed by atoms with E-state index < -0.39 is 5.41 Å². The molecule has 1 aromatic rings. The van der Waals surface area contributed by atoms with Crippen LogP contribution in [0.2, 0.25) is 5.02 Å². The molecule has 1 unspecified atom stereocenters. The van der Waals surface area contributed by atoms with Gasteiger partial charge in [0.1, 0.15) is 0 Å². The molecule has 2 rings (SSSR count). The molecule has 1 saturated heterocycles. The van der Waals surface area contributed by atoms with Crippen molar-refractivity contribution in [3.8, 4) is 0 Å². The van der Waals surface area contributed by atoms with Gasteiger partial charge >= 0.3 is 0 Å². The molecule has 108 valence electrons. The summed E-state index contributed by atoms with van der Waals surface area (Å²) in [5, 5.41) is 3.01. The molecule has 20 heavy (non-hydrogen) atoms. The van der Waals surface area contributed by atoms with Crippen LogP contribution in [0.1, 0.15) is 23.7 Å². The summed E-state index contributed by atoms with van der Waals surface area (Å²) in [5.41, 5.74) is 5.97. The lowest BCUT2D eigenvalue weighted by Gasteiger charge is -2.23. The molecule has 1 heterocycles. The summed E-state index contributed by atoms with van der Waals surface area (Å²) in [6.07, 6.45) is 0.638. The number of rotatable bonds is 2. The van der Waals surface area contributed by atoms with Gasteiger partial charge in [-0.3, -0.25) is 9.59 Å². The molecular weight excluding hydrogens is 278 g/mol. The molecule has 3 N–H and O–H groups in total. The summed E-state index contributed by atoms with van der Waals surface area (Å²) < 4.78 is 0. The topological polar surface area (TPSA) is 75.4 Å². The van der Waals surface area contributed by atoms with Crippen LogP contribution in [-0.4, -0.2) is 36.9 Å². The third kappa shape index (κ3) is 2.45. The van der Waals surface area contributed by atoms with Crippen molar-refractivity contribution in [2.75, 3.05) is 25.9 Å². The highest BCUT2D eigenvalue weighted by atomic mass is 35.5. The fourth-order valence-electron chi connectivity index (χ4n) is 2.52. The van der Waals surface area contributed by atoms with Crippen LogP contribution in [0.25, 0.3) is 0 Å². The van der Waals surface area contributed by atoms with Crippen LogP contribution in [0.5, 0.6) is 0 Å². The predicted octanol–water partition coefficient (Wildman–Crippen LogP) is 1.52. The zero-order chi connectivity index (χ0) is 14.9. The molecule has 0 bridgehead atoms. The van der Waals surface area contributed by atoms with Crippen molar-refractivity contribution in [3.05, 3.63) is 28.8 Å². The summed E-state index contributed by atoms with van der Waals surface area (Å²) in [7, 11) is 1.60. The van der Waals surface area contributed by atoms with Gasteiger partial charge < -0.3 is 16.0 Å². The van der Waals surface area contributed by atoms with Gasteiger partial charge in [-0.05, 0) is 25.5 Å². The minimum atomic E-state index is -0.544. The van der Waals surface area contributed by atoms with Crippen molar-refractivity contribution in [1.29, 1.82) is 0 Å². The van der Waals surface area contributed by atoms with E-state index in [2.05, 4.69) is 5.32 Å². The Labute approximate surface area is 123 Å². The van der Waals surface area contributed by atoms with E-state index in [9.17, 15) is 9.59 Å². The second-order valence-electron chi connectivity index (χ2n) is 5.32. The van der Waals surface area contributed by atoms with E-state index in [4.69, 9.17) is 17.3 Å². The van der Waals surface area contributed by atoms with Crippen molar-refractivity contribution in [3.63, 3.8) is 0 Å². The second kappa shape index (κ2) is 5.32. The normalized spacial score (nSPS) is 21.9. The van der Waals surface area contributed by atoms with Crippen LogP contribution in [0.4, 0.5) is 5.69 Å². The molecule has 1 aliphatic rings. The fourth-order valence-corrected chi connectivity index (χ4v) is 2.69. The molecule has 0 spiro atoms. The number of halogens is 1. The summed E-state index contributed by atoms with van der Waals surface area (Å²) in [4.78, 5) is 26.0. The van der Waals surface area contributed by atoms with Crippen LogP contribution in [0, 0.1) is 5.41 Å². The lowest BCUT2D eigenvalue weighted by Crippen LogP contribution is -2.40. The average Bonchev–Trinajstić information content (AvgIpc) is 2.84. The van der Waals surface area contributed by atoms with Gasteiger partial charge in [-0.15, -0.1) is 0 Å². The van der Waals surface area contributed by atoms with Gasteiger partial charge in [-0.1, -0.05) is 17.7 Å². The molecule has 5 nitrogen and oxygen atoms in total. The molecule has 1 aliphatic heterocycles. The first-order valence-electron chi connectivity index (χ1n) is 6.44. The smallest absolute Gasteiger partial charge is 0.256 e. The molecule has 2 amide bonds. The lowest BCUT2D eigenvalue weighted by molar-refractivity contribution is -0.128. The van der Waals surface area contributed by atoms with Crippen LogP contribution in [0.15, 0.2) is 18.2 Å². The van der Waals surface area contributed by atoms with Gasteiger partial charge in [0.15, 0.2) is 0 Å². The van der Waals surface area contributed by atoms with Crippen LogP contribution in [0.3, 0.4) is 0 Å². The van der Waals surface area contributed by atoms with Gasteiger partial charge in [-0.2, -0.15) is 0 Å². The highest BCUT2D eigenvalue weighted by molar-refractivity contribution is 6.33. The van der Waals surface area contributed by atoms with Gasteiger partial charge in [0.2, 0.25) is 5.91 Å². The number of amides is 2. The molecule has 0 aliphatic carbocycles. The number of anilines is 1. The Hall–Kier alpha value is -1.75. The highest BCUT2D eigenvalue weighted by Crippen LogP contribution is 2.32. The van der Waals surface area contributed by atoms with E-state index in [0.717, 1.165) is 0 Å². The first-order valence-corrected chi connectivity index (χ1v) is 6.82. The quantitative estimate of drug-likeness (QED) is 0.812. The molecule has 0 aromatic heterocycles. The maximum Gasteiger partial charge on any atom is 0.256 e. The number of para-hydroxylation sites is 1. The Kier molecular flexibility index (Phi) is 3.90. The van der Waals surface area contributed by atoms with Gasteiger partial charge in [0, 0.05) is 20.1 Å². The van der Waals surface area contributed by atoms with E-state index in [-0.39, 0.29) is 17.5 Å². The number of nitrogens with one attached hydrogen (secondary N) is 1.